The average molecular weight is 277 g/mol. The molecule has 0 spiro atoms. The third-order valence-corrected chi connectivity index (χ3v) is 3.06. The highest BCUT2D eigenvalue weighted by atomic mass is 16.1. The molecule has 0 unspecified atom stereocenters. The Morgan fingerprint density at radius 1 is 1.29 bits per heavy atom. The molecule has 1 heterocycles. The monoisotopic (exact) mass is 277 g/mol. The van der Waals surface area contributed by atoms with Gasteiger partial charge in [0, 0.05) is 18.9 Å². The lowest BCUT2D eigenvalue weighted by atomic mass is 10.1. The lowest BCUT2D eigenvalue weighted by Gasteiger charge is -2.05. The Balaban J connectivity index is 2.09. The van der Waals surface area contributed by atoms with Crippen molar-refractivity contribution in [3.8, 4) is 6.07 Å². The van der Waals surface area contributed by atoms with Gasteiger partial charge in [0.1, 0.15) is 11.6 Å². The summed E-state index contributed by atoms with van der Waals surface area (Å²) in [4.78, 5) is 16.0. The zero-order valence-corrected chi connectivity index (χ0v) is 11.7. The van der Waals surface area contributed by atoms with Crippen LogP contribution < -0.4 is 5.32 Å². The van der Waals surface area contributed by atoms with E-state index in [2.05, 4.69) is 10.3 Å². The Morgan fingerprint density at radius 3 is 2.67 bits per heavy atom. The first kappa shape index (κ1) is 14.5. The minimum atomic E-state index is -0.377. The molecule has 0 aliphatic carbocycles. The maximum absolute atomic E-state index is 12.0. The number of hydrogen-bond donors (Lipinski definition) is 1. The van der Waals surface area contributed by atoms with Crippen molar-refractivity contribution in [3.63, 3.8) is 0 Å². The standard InChI is InChI=1S/C17H15N3O/c1-13-4-2-3-5-15(13)10-16(11-18)17(21)20-12-14-6-8-19-9-7-14/h2-10H,12H2,1H3,(H,20,21)/b16-10+. The van der Waals surface area contributed by atoms with Crippen LogP contribution in [0.15, 0.2) is 54.4 Å². The number of rotatable bonds is 4. The maximum atomic E-state index is 12.0. The van der Waals surface area contributed by atoms with Crippen LogP contribution >= 0.6 is 0 Å². The number of pyridine rings is 1. The Labute approximate surface area is 123 Å². The van der Waals surface area contributed by atoms with Gasteiger partial charge in [-0.1, -0.05) is 24.3 Å². The molecular weight excluding hydrogens is 262 g/mol. The average Bonchev–Trinajstić information content (AvgIpc) is 2.53. The largest absolute Gasteiger partial charge is 0.347 e. The van der Waals surface area contributed by atoms with Gasteiger partial charge in [-0.15, -0.1) is 0 Å². The van der Waals surface area contributed by atoms with Crippen molar-refractivity contribution in [2.75, 3.05) is 0 Å². The van der Waals surface area contributed by atoms with Crippen molar-refractivity contribution in [3.05, 3.63) is 71.1 Å². The second-order valence-corrected chi connectivity index (χ2v) is 4.56. The molecule has 1 N–H and O–H groups in total. The van der Waals surface area contributed by atoms with Gasteiger partial charge >= 0.3 is 0 Å². The first-order valence-electron chi connectivity index (χ1n) is 6.55. The number of amides is 1. The molecule has 0 saturated heterocycles. The molecule has 0 aliphatic rings. The number of nitriles is 1. The SMILES string of the molecule is Cc1ccccc1/C=C(\C#N)C(=O)NCc1ccncc1. The Kier molecular flexibility index (Phi) is 4.84. The molecule has 4 heteroatoms. The van der Waals surface area contributed by atoms with Crippen molar-refractivity contribution in [2.24, 2.45) is 0 Å². The van der Waals surface area contributed by atoms with Crippen molar-refractivity contribution in [2.45, 2.75) is 13.5 Å². The van der Waals surface area contributed by atoms with Crippen molar-refractivity contribution >= 4 is 12.0 Å². The summed E-state index contributed by atoms with van der Waals surface area (Å²) >= 11 is 0. The van der Waals surface area contributed by atoms with E-state index < -0.39 is 0 Å². The Morgan fingerprint density at radius 2 is 2.00 bits per heavy atom. The van der Waals surface area contributed by atoms with Gasteiger partial charge in [0.25, 0.3) is 5.91 Å². The summed E-state index contributed by atoms with van der Waals surface area (Å²) in [5.74, 6) is -0.377. The molecule has 0 aliphatic heterocycles. The topological polar surface area (TPSA) is 65.8 Å². The number of nitrogens with zero attached hydrogens (tertiary/aromatic N) is 2. The van der Waals surface area contributed by atoms with Crippen LogP contribution in [-0.4, -0.2) is 10.9 Å². The van der Waals surface area contributed by atoms with E-state index in [9.17, 15) is 4.79 Å². The van der Waals surface area contributed by atoms with Crippen molar-refractivity contribution in [1.82, 2.24) is 10.3 Å². The van der Waals surface area contributed by atoms with Gasteiger partial charge < -0.3 is 5.32 Å². The van der Waals surface area contributed by atoms with Crippen molar-refractivity contribution in [1.29, 1.82) is 5.26 Å². The van der Waals surface area contributed by atoms with E-state index in [1.165, 1.54) is 0 Å². The molecule has 4 nitrogen and oxygen atoms in total. The number of carbonyl (C=O) groups excluding carboxylic acids is 1. The molecule has 0 radical (unpaired) electrons. The fourth-order valence-electron chi connectivity index (χ4n) is 1.83. The summed E-state index contributed by atoms with van der Waals surface area (Å²) in [7, 11) is 0. The van der Waals surface area contributed by atoms with Crippen LogP contribution in [0.3, 0.4) is 0 Å². The van der Waals surface area contributed by atoms with Crippen LogP contribution in [-0.2, 0) is 11.3 Å². The summed E-state index contributed by atoms with van der Waals surface area (Å²) in [6.45, 7) is 2.31. The Hall–Kier alpha value is -2.93. The summed E-state index contributed by atoms with van der Waals surface area (Å²) in [5, 5.41) is 11.9. The molecule has 21 heavy (non-hydrogen) atoms. The number of carbonyl (C=O) groups is 1. The van der Waals surface area contributed by atoms with Crippen LogP contribution in [0.5, 0.6) is 0 Å². The maximum Gasteiger partial charge on any atom is 0.262 e. The van der Waals surface area contributed by atoms with Crippen molar-refractivity contribution < 1.29 is 4.79 Å². The van der Waals surface area contributed by atoms with E-state index in [0.29, 0.717) is 6.54 Å². The molecule has 2 rings (SSSR count). The normalized spacial score (nSPS) is 10.8. The zero-order chi connectivity index (χ0) is 15.1. The van der Waals surface area contributed by atoms with Crippen LogP contribution in [0, 0.1) is 18.3 Å². The quantitative estimate of drug-likeness (QED) is 0.690. The summed E-state index contributed by atoms with van der Waals surface area (Å²) < 4.78 is 0. The second-order valence-electron chi connectivity index (χ2n) is 4.56. The lowest BCUT2D eigenvalue weighted by molar-refractivity contribution is -0.117. The third-order valence-electron chi connectivity index (χ3n) is 3.06. The van der Waals surface area contributed by atoms with E-state index in [0.717, 1.165) is 16.7 Å². The number of aryl methyl sites for hydroxylation is 1. The van der Waals surface area contributed by atoms with E-state index >= 15 is 0 Å². The molecule has 2 aromatic rings. The molecule has 0 fully saturated rings. The molecular formula is C17H15N3O. The number of aromatic nitrogens is 1. The molecule has 1 aromatic carbocycles. The molecule has 0 atom stereocenters. The first-order valence-corrected chi connectivity index (χ1v) is 6.55. The van der Waals surface area contributed by atoms with Gasteiger partial charge in [0.05, 0.1) is 0 Å². The van der Waals surface area contributed by atoms with E-state index in [1.54, 1.807) is 18.5 Å². The summed E-state index contributed by atoms with van der Waals surface area (Å²) in [6, 6.07) is 13.2. The van der Waals surface area contributed by atoms with Crippen LogP contribution in [0.1, 0.15) is 16.7 Å². The predicted molar refractivity (Wildman–Crippen MR) is 80.9 cm³/mol. The van der Waals surface area contributed by atoms with E-state index in [-0.39, 0.29) is 11.5 Å². The lowest BCUT2D eigenvalue weighted by Crippen LogP contribution is -2.23. The number of hydrogen-bond acceptors (Lipinski definition) is 3. The summed E-state index contributed by atoms with van der Waals surface area (Å²) in [6.07, 6.45) is 4.93. The van der Waals surface area contributed by atoms with Gasteiger partial charge in [-0.3, -0.25) is 9.78 Å². The first-order chi connectivity index (χ1) is 10.2. The molecule has 0 saturated carbocycles. The minimum Gasteiger partial charge on any atom is -0.347 e. The molecule has 1 amide bonds. The highest BCUT2D eigenvalue weighted by Crippen LogP contribution is 2.12. The number of benzene rings is 1. The van der Waals surface area contributed by atoms with Gasteiger partial charge in [-0.2, -0.15) is 5.26 Å². The van der Waals surface area contributed by atoms with Crippen LogP contribution in [0.2, 0.25) is 0 Å². The summed E-state index contributed by atoms with van der Waals surface area (Å²) in [5.41, 5.74) is 2.92. The van der Waals surface area contributed by atoms with E-state index in [4.69, 9.17) is 5.26 Å². The second kappa shape index (κ2) is 7.01. The van der Waals surface area contributed by atoms with Crippen LogP contribution in [0.25, 0.3) is 6.08 Å². The van der Waals surface area contributed by atoms with E-state index in [1.807, 2.05) is 49.4 Å². The Bertz CT molecular complexity index is 699. The molecule has 104 valence electrons. The van der Waals surface area contributed by atoms with Gasteiger partial charge in [0.2, 0.25) is 0 Å². The number of nitrogens with one attached hydrogen (secondary N) is 1. The van der Waals surface area contributed by atoms with Crippen LogP contribution in [0.4, 0.5) is 0 Å². The highest BCUT2D eigenvalue weighted by Gasteiger charge is 2.09. The van der Waals surface area contributed by atoms with Gasteiger partial charge in [-0.05, 0) is 41.8 Å². The highest BCUT2D eigenvalue weighted by molar-refractivity contribution is 6.01. The molecule has 0 bridgehead atoms. The minimum absolute atomic E-state index is 0.0957. The predicted octanol–water partition coefficient (Wildman–Crippen LogP) is 2.61. The van der Waals surface area contributed by atoms with Gasteiger partial charge in [-0.25, -0.2) is 0 Å². The fourth-order valence-corrected chi connectivity index (χ4v) is 1.83. The smallest absolute Gasteiger partial charge is 0.262 e. The fraction of sp³-hybridized carbons (Fsp3) is 0.118. The molecule has 1 aromatic heterocycles. The van der Waals surface area contributed by atoms with Gasteiger partial charge in [0.15, 0.2) is 0 Å². The zero-order valence-electron chi connectivity index (χ0n) is 11.7. The third kappa shape index (κ3) is 4.02.